The molecule has 0 fully saturated rings. The van der Waals surface area contributed by atoms with Crippen molar-refractivity contribution in [2.75, 3.05) is 0 Å². The highest BCUT2D eigenvalue weighted by atomic mass is 127. The van der Waals surface area contributed by atoms with Crippen molar-refractivity contribution in [3.8, 4) is 5.75 Å². The molecular weight excluding hydrogens is 306 g/mol. The average Bonchev–Trinajstić information content (AvgIpc) is 2.18. The second-order valence-electron chi connectivity index (χ2n) is 3.41. The van der Waals surface area contributed by atoms with Crippen LogP contribution in [0.15, 0.2) is 24.3 Å². The first-order valence-electron chi connectivity index (χ1n) is 4.73. The van der Waals surface area contributed by atoms with Gasteiger partial charge in [-0.3, -0.25) is 0 Å². The summed E-state index contributed by atoms with van der Waals surface area (Å²) in [5.41, 5.74) is 0.719. The summed E-state index contributed by atoms with van der Waals surface area (Å²) in [7, 11) is 0. The van der Waals surface area contributed by atoms with Gasteiger partial charge < -0.3 is 5.11 Å². The van der Waals surface area contributed by atoms with Crippen LogP contribution in [0.4, 0.5) is 4.39 Å². The van der Waals surface area contributed by atoms with E-state index in [1.54, 1.807) is 18.2 Å². The maximum atomic E-state index is 13.5. The lowest BCUT2D eigenvalue weighted by molar-refractivity contribution is 0.476. The summed E-state index contributed by atoms with van der Waals surface area (Å²) in [5, 5.41) is 11.2. The van der Waals surface area contributed by atoms with Gasteiger partial charge in [0.1, 0.15) is 11.6 Å². The number of fused-ring (bicyclic) bond motifs is 1. The Morgan fingerprint density at radius 3 is 2.73 bits per heavy atom. The Labute approximate surface area is 101 Å². The van der Waals surface area contributed by atoms with E-state index < -0.39 is 0 Å². The molecule has 0 unspecified atom stereocenters. The summed E-state index contributed by atoms with van der Waals surface area (Å²) < 4.78 is 14.4. The van der Waals surface area contributed by atoms with Gasteiger partial charge in [-0.1, -0.05) is 13.0 Å². The molecule has 0 amide bonds. The molecule has 0 bridgehead atoms. The molecule has 0 heterocycles. The smallest absolute Gasteiger partial charge is 0.127 e. The highest BCUT2D eigenvalue weighted by Gasteiger charge is 2.09. The predicted molar refractivity (Wildman–Crippen MR) is 67.7 cm³/mol. The lowest BCUT2D eigenvalue weighted by atomic mass is 10.0. The second-order valence-corrected chi connectivity index (χ2v) is 4.57. The number of halogens is 2. The number of hydrogen-bond donors (Lipinski definition) is 1. The zero-order chi connectivity index (χ0) is 11.0. The van der Waals surface area contributed by atoms with Crippen molar-refractivity contribution in [1.82, 2.24) is 0 Å². The molecule has 2 aromatic rings. The molecule has 78 valence electrons. The molecule has 0 saturated heterocycles. The van der Waals surface area contributed by atoms with Crippen molar-refractivity contribution in [3.63, 3.8) is 0 Å². The molecule has 0 aliphatic heterocycles. The third kappa shape index (κ3) is 1.80. The third-order valence-electron chi connectivity index (χ3n) is 2.46. The fourth-order valence-corrected chi connectivity index (χ4v) is 2.75. The van der Waals surface area contributed by atoms with Gasteiger partial charge in [0.05, 0.1) is 0 Å². The Balaban J connectivity index is 2.91. The molecule has 1 N–H and O–H groups in total. The van der Waals surface area contributed by atoms with Crippen LogP contribution >= 0.6 is 22.6 Å². The van der Waals surface area contributed by atoms with E-state index >= 15 is 0 Å². The van der Waals surface area contributed by atoms with Gasteiger partial charge in [-0.05, 0) is 58.2 Å². The van der Waals surface area contributed by atoms with Crippen LogP contribution in [0.3, 0.4) is 0 Å². The van der Waals surface area contributed by atoms with E-state index in [1.165, 1.54) is 6.07 Å². The number of aryl methyl sites for hydroxylation is 1. The summed E-state index contributed by atoms with van der Waals surface area (Å²) in [4.78, 5) is 0. The largest absolute Gasteiger partial charge is 0.508 e. The molecule has 0 aromatic heterocycles. The minimum absolute atomic E-state index is 0.173. The van der Waals surface area contributed by atoms with Gasteiger partial charge in [0, 0.05) is 8.96 Å². The minimum Gasteiger partial charge on any atom is -0.508 e. The van der Waals surface area contributed by atoms with Gasteiger partial charge in [0.2, 0.25) is 0 Å². The van der Waals surface area contributed by atoms with Crippen molar-refractivity contribution < 1.29 is 9.50 Å². The van der Waals surface area contributed by atoms with E-state index in [0.29, 0.717) is 6.42 Å². The zero-order valence-electron chi connectivity index (χ0n) is 8.22. The number of rotatable bonds is 1. The van der Waals surface area contributed by atoms with Gasteiger partial charge in [-0.25, -0.2) is 4.39 Å². The Morgan fingerprint density at radius 1 is 1.33 bits per heavy atom. The molecule has 3 heteroatoms. The Kier molecular flexibility index (Phi) is 2.82. The van der Waals surface area contributed by atoms with E-state index in [1.807, 2.05) is 6.92 Å². The van der Waals surface area contributed by atoms with Crippen LogP contribution in [0, 0.1) is 9.39 Å². The lowest BCUT2D eigenvalue weighted by Crippen LogP contribution is -1.92. The van der Waals surface area contributed by atoms with Crippen LogP contribution in [-0.2, 0) is 6.42 Å². The van der Waals surface area contributed by atoms with Crippen LogP contribution in [-0.4, -0.2) is 5.11 Å². The van der Waals surface area contributed by atoms with Crippen LogP contribution in [0.2, 0.25) is 0 Å². The first kappa shape index (κ1) is 10.7. The molecule has 2 rings (SSSR count). The van der Waals surface area contributed by atoms with Gasteiger partial charge in [0.15, 0.2) is 0 Å². The second kappa shape index (κ2) is 3.96. The molecule has 2 aromatic carbocycles. The van der Waals surface area contributed by atoms with E-state index in [4.69, 9.17) is 0 Å². The average molecular weight is 316 g/mol. The predicted octanol–water partition coefficient (Wildman–Crippen LogP) is 3.85. The molecule has 0 aliphatic rings. The number of benzene rings is 2. The van der Waals surface area contributed by atoms with Gasteiger partial charge in [0.25, 0.3) is 0 Å². The summed E-state index contributed by atoms with van der Waals surface area (Å²) in [5.74, 6) is 0.0502. The summed E-state index contributed by atoms with van der Waals surface area (Å²) in [6.45, 7) is 1.93. The standard InChI is InChI=1S/C12H10FIO/c1-2-9-10(13)4-3-7-5-8(15)6-11(14)12(7)9/h3-6,15H,2H2,1H3. The van der Waals surface area contributed by atoms with Gasteiger partial charge >= 0.3 is 0 Å². The van der Waals surface area contributed by atoms with Crippen molar-refractivity contribution in [2.24, 2.45) is 0 Å². The van der Waals surface area contributed by atoms with Gasteiger partial charge in [-0.15, -0.1) is 0 Å². The van der Waals surface area contributed by atoms with Crippen LogP contribution in [0.5, 0.6) is 5.75 Å². The van der Waals surface area contributed by atoms with E-state index in [0.717, 1.165) is 19.9 Å². The van der Waals surface area contributed by atoms with Crippen molar-refractivity contribution in [1.29, 1.82) is 0 Å². The maximum absolute atomic E-state index is 13.5. The van der Waals surface area contributed by atoms with Crippen molar-refractivity contribution >= 4 is 33.4 Å². The molecule has 15 heavy (non-hydrogen) atoms. The highest BCUT2D eigenvalue weighted by molar-refractivity contribution is 14.1. The summed E-state index contributed by atoms with van der Waals surface area (Å²) >= 11 is 2.12. The summed E-state index contributed by atoms with van der Waals surface area (Å²) in [6.07, 6.45) is 0.657. The SMILES string of the molecule is CCc1c(F)ccc2cc(O)cc(I)c12. The van der Waals surface area contributed by atoms with E-state index in [2.05, 4.69) is 22.6 Å². The fraction of sp³-hybridized carbons (Fsp3) is 0.167. The summed E-state index contributed by atoms with van der Waals surface area (Å²) in [6, 6.07) is 6.47. The lowest BCUT2D eigenvalue weighted by Gasteiger charge is -2.08. The topological polar surface area (TPSA) is 20.2 Å². The molecule has 0 spiro atoms. The highest BCUT2D eigenvalue weighted by Crippen LogP contribution is 2.30. The molecule has 0 atom stereocenters. The number of hydrogen-bond acceptors (Lipinski definition) is 1. The zero-order valence-corrected chi connectivity index (χ0v) is 10.4. The Hall–Kier alpha value is -0.840. The molecule has 0 aliphatic carbocycles. The van der Waals surface area contributed by atoms with E-state index in [9.17, 15) is 9.50 Å². The van der Waals surface area contributed by atoms with E-state index in [-0.39, 0.29) is 11.6 Å². The van der Waals surface area contributed by atoms with Crippen LogP contribution in [0.25, 0.3) is 10.8 Å². The first-order chi connectivity index (χ1) is 7.13. The number of phenols is 1. The Bertz CT molecular complexity index is 523. The first-order valence-corrected chi connectivity index (χ1v) is 5.81. The number of phenolic OH excluding ortho intramolecular Hbond substituents is 1. The normalized spacial score (nSPS) is 10.9. The molecule has 1 nitrogen and oxygen atoms in total. The Morgan fingerprint density at radius 2 is 2.07 bits per heavy atom. The van der Waals surface area contributed by atoms with Crippen molar-refractivity contribution in [2.45, 2.75) is 13.3 Å². The monoisotopic (exact) mass is 316 g/mol. The maximum Gasteiger partial charge on any atom is 0.127 e. The quantitative estimate of drug-likeness (QED) is 0.792. The molecule has 0 radical (unpaired) electrons. The van der Waals surface area contributed by atoms with Crippen molar-refractivity contribution in [3.05, 3.63) is 39.2 Å². The molecular formula is C12H10FIO. The van der Waals surface area contributed by atoms with Crippen LogP contribution in [0.1, 0.15) is 12.5 Å². The fourth-order valence-electron chi connectivity index (χ4n) is 1.79. The number of aromatic hydroxyl groups is 1. The molecule has 0 saturated carbocycles. The van der Waals surface area contributed by atoms with Gasteiger partial charge in [-0.2, -0.15) is 0 Å². The third-order valence-corrected chi connectivity index (χ3v) is 3.31. The minimum atomic E-state index is -0.173. The van der Waals surface area contributed by atoms with Crippen LogP contribution < -0.4 is 0 Å².